The first-order chi connectivity index (χ1) is 13.9. The van der Waals surface area contributed by atoms with E-state index in [4.69, 9.17) is 4.74 Å². The molecule has 0 saturated heterocycles. The topological polar surface area (TPSA) is 90.3 Å². The summed E-state index contributed by atoms with van der Waals surface area (Å²) < 4.78 is 19.8. The maximum absolute atomic E-state index is 14.0. The van der Waals surface area contributed by atoms with Gasteiger partial charge in [-0.15, -0.1) is 0 Å². The molecule has 1 saturated carbocycles. The molecule has 1 amide bonds. The molecule has 0 bridgehead atoms. The Labute approximate surface area is 167 Å². The SMILES string of the molecule is COC(=O)CC1(NC(=O)Cn2nc(-c3ccccc3F)ccc2=O)CCCCC1. The van der Waals surface area contributed by atoms with Gasteiger partial charge in [0.1, 0.15) is 12.4 Å². The second-order valence-corrected chi connectivity index (χ2v) is 7.34. The first-order valence-corrected chi connectivity index (χ1v) is 9.63. The van der Waals surface area contributed by atoms with Gasteiger partial charge in [0.05, 0.1) is 24.8 Å². The number of nitrogens with zero attached hydrogens (tertiary/aromatic N) is 2. The summed E-state index contributed by atoms with van der Waals surface area (Å²) in [6.45, 7) is -0.315. The van der Waals surface area contributed by atoms with Crippen LogP contribution < -0.4 is 10.9 Å². The number of benzene rings is 1. The fraction of sp³-hybridized carbons (Fsp3) is 0.429. The van der Waals surface area contributed by atoms with Gasteiger partial charge in [0.15, 0.2) is 0 Å². The van der Waals surface area contributed by atoms with Gasteiger partial charge in [-0.2, -0.15) is 5.10 Å². The van der Waals surface area contributed by atoms with Gasteiger partial charge in [0.25, 0.3) is 5.56 Å². The monoisotopic (exact) mass is 401 g/mol. The van der Waals surface area contributed by atoms with E-state index in [1.165, 1.54) is 25.3 Å². The van der Waals surface area contributed by atoms with Crippen LogP contribution in [0.1, 0.15) is 38.5 Å². The number of aromatic nitrogens is 2. The lowest BCUT2D eigenvalue weighted by molar-refractivity contribution is -0.143. The Morgan fingerprint density at radius 3 is 2.59 bits per heavy atom. The molecule has 0 aliphatic heterocycles. The third kappa shape index (κ3) is 5.07. The molecule has 0 spiro atoms. The first kappa shape index (κ1) is 20.7. The van der Waals surface area contributed by atoms with Crippen LogP contribution in [-0.4, -0.2) is 34.3 Å². The predicted octanol–water partition coefficient (Wildman–Crippen LogP) is 2.43. The van der Waals surface area contributed by atoms with Crippen LogP contribution in [0.2, 0.25) is 0 Å². The molecule has 1 aromatic heterocycles. The average Bonchev–Trinajstić information content (AvgIpc) is 2.70. The minimum absolute atomic E-state index is 0.0901. The van der Waals surface area contributed by atoms with E-state index < -0.39 is 22.8 Å². The molecule has 1 fully saturated rings. The quantitative estimate of drug-likeness (QED) is 0.751. The van der Waals surface area contributed by atoms with E-state index in [1.54, 1.807) is 18.2 Å². The van der Waals surface area contributed by atoms with Crippen LogP contribution in [0, 0.1) is 5.82 Å². The average molecular weight is 401 g/mol. The summed E-state index contributed by atoms with van der Waals surface area (Å²) in [5.41, 5.74) is -0.630. The first-order valence-electron chi connectivity index (χ1n) is 9.63. The van der Waals surface area contributed by atoms with Crippen molar-refractivity contribution in [2.24, 2.45) is 0 Å². The van der Waals surface area contributed by atoms with Gasteiger partial charge < -0.3 is 10.1 Å². The molecule has 1 heterocycles. The maximum atomic E-state index is 14.0. The van der Waals surface area contributed by atoms with Crippen molar-refractivity contribution in [1.29, 1.82) is 0 Å². The minimum Gasteiger partial charge on any atom is -0.469 e. The van der Waals surface area contributed by atoms with E-state index in [9.17, 15) is 18.8 Å². The zero-order chi connectivity index (χ0) is 20.9. The van der Waals surface area contributed by atoms with Crippen molar-refractivity contribution in [3.05, 3.63) is 52.6 Å². The molecule has 0 atom stereocenters. The number of esters is 1. The summed E-state index contributed by atoms with van der Waals surface area (Å²) in [5.74, 6) is -1.27. The molecular weight excluding hydrogens is 377 g/mol. The number of halogens is 1. The van der Waals surface area contributed by atoms with Crippen molar-refractivity contribution in [2.45, 2.75) is 50.6 Å². The summed E-state index contributed by atoms with van der Waals surface area (Å²) in [5, 5.41) is 7.08. The van der Waals surface area contributed by atoms with Gasteiger partial charge in [-0.1, -0.05) is 31.4 Å². The lowest BCUT2D eigenvalue weighted by atomic mass is 9.79. The second-order valence-electron chi connectivity index (χ2n) is 7.34. The van der Waals surface area contributed by atoms with Crippen LogP contribution in [0.3, 0.4) is 0 Å². The number of hydrogen-bond donors (Lipinski definition) is 1. The van der Waals surface area contributed by atoms with E-state index in [-0.39, 0.29) is 30.2 Å². The Balaban J connectivity index is 1.79. The van der Waals surface area contributed by atoms with Gasteiger partial charge in [0, 0.05) is 11.6 Å². The summed E-state index contributed by atoms with van der Waals surface area (Å²) in [7, 11) is 1.32. The van der Waals surface area contributed by atoms with Crippen molar-refractivity contribution in [3.8, 4) is 11.3 Å². The molecule has 1 aromatic carbocycles. The highest BCUT2D eigenvalue weighted by molar-refractivity contribution is 5.78. The number of carbonyl (C=O) groups excluding carboxylic acids is 2. The zero-order valence-corrected chi connectivity index (χ0v) is 16.3. The molecule has 0 unspecified atom stereocenters. The third-order valence-electron chi connectivity index (χ3n) is 5.24. The molecule has 3 rings (SSSR count). The van der Waals surface area contributed by atoms with Gasteiger partial charge in [-0.25, -0.2) is 9.07 Å². The van der Waals surface area contributed by atoms with Crippen LogP contribution in [-0.2, 0) is 20.9 Å². The number of amides is 1. The Morgan fingerprint density at radius 1 is 1.17 bits per heavy atom. The van der Waals surface area contributed by atoms with Crippen molar-refractivity contribution in [2.75, 3.05) is 7.11 Å². The fourth-order valence-electron chi connectivity index (χ4n) is 3.77. The Bertz CT molecular complexity index is 951. The Morgan fingerprint density at radius 2 is 1.90 bits per heavy atom. The lowest BCUT2D eigenvalue weighted by Gasteiger charge is -2.37. The second kappa shape index (κ2) is 8.98. The summed E-state index contributed by atoms with van der Waals surface area (Å²) in [6, 6.07) is 8.77. The highest BCUT2D eigenvalue weighted by Crippen LogP contribution is 2.31. The molecule has 0 radical (unpaired) electrons. The normalized spacial score (nSPS) is 15.5. The van der Waals surface area contributed by atoms with Gasteiger partial charge in [-0.05, 0) is 31.0 Å². The molecule has 7 nitrogen and oxygen atoms in total. The molecule has 154 valence electrons. The van der Waals surface area contributed by atoms with Crippen LogP contribution in [0.25, 0.3) is 11.3 Å². The largest absolute Gasteiger partial charge is 0.469 e. The Hall–Kier alpha value is -3.03. The molecule has 1 aliphatic carbocycles. The molecule has 29 heavy (non-hydrogen) atoms. The highest BCUT2D eigenvalue weighted by Gasteiger charge is 2.36. The van der Waals surface area contributed by atoms with E-state index in [1.807, 2.05) is 0 Å². The van der Waals surface area contributed by atoms with Crippen molar-refractivity contribution in [1.82, 2.24) is 15.1 Å². The van der Waals surface area contributed by atoms with Gasteiger partial charge in [-0.3, -0.25) is 14.4 Å². The van der Waals surface area contributed by atoms with E-state index in [0.717, 1.165) is 23.9 Å². The number of hydrogen-bond acceptors (Lipinski definition) is 5. The molecular formula is C21H24FN3O4. The van der Waals surface area contributed by atoms with Crippen LogP contribution in [0.15, 0.2) is 41.2 Å². The fourth-order valence-corrected chi connectivity index (χ4v) is 3.77. The molecule has 1 aliphatic rings. The molecule has 1 N–H and O–H groups in total. The Kier molecular flexibility index (Phi) is 6.41. The summed E-state index contributed by atoms with van der Waals surface area (Å²) in [6.07, 6.45) is 4.28. The van der Waals surface area contributed by atoms with E-state index >= 15 is 0 Å². The number of nitrogens with one attached hydrogen (secondary N) is 1. The van der Waals surface area contributed by atoms with Crippen LogP contribution in [0.5, 0.6) is 0 Å². The maximum Gasteiger partial charge on any atom is 0.307 e. The van der Waals surface area contributed by atoms with Crippen molar-refractivity contribution in [3.63, 3.8) is 0 Å². The number of ether oxygens (including phenoxy) is 1. The summed E-state index contributed by atoms with van der Waals surface area (Å²) >= 11 is 0. The predicted molar refractivity (Wildman–Crippen MR) is 104 cm³/mol. The van der Waals surface area contributed by atoms with Gasteiger partial charge in [0.2, 0.25) is 5.91 Å². The number of methoxy groups -OCH3 is 1. The zero-order valence-electron chi connectivity index (χ0n) is 16.3. The third-order valence-corrected chi connectivity index (χ3v) is 5.24. The number of carbonyl (C=O) groups is 2. The smallest absolute Gasteiger partial charge is 0.307 e. The molecule has 2 aromatic rings. The summed E-state index contributed by atoms with van der Waals surface area (Å²) in [4.78, 5) is 36.7. The van der Waals surface area contributed by atoms with Crippen LogP contribution >= 0.6 is 0 Å². The van der Waals surface area contributed by atoms with Crippen molar-refractivity contribution >= 4 is 11.9 Å². The standard InChI is InChI=1S/C21H24FN3O4/c1-29-20(28)13-21(11-5-2-6-12-21)23-18(26)14-25-19(27)10-9-17(24-25)15-7-3-4-8-16(15)22/h3-4,7-10H,2,5-6,11-14H2,1H3,(H,23,26). The lowest BCUT2D eigenvalue weighted by Crippen LogP contribution is -2.52. The highest BCUT2D eigenvalue weighted by atomic mass is 19.1. The van der Waals surface area contributed by atoms with Crippen LogP contribution in [0.4, 0.5) is 4.39 Å². The van der Waals surface area contributed by atoms with E-state index in [0.29, 0.717) is 12.8 Å². The molecule has 8 heteroatoms. The number of rotatable bonds is 6. The van der Waals surface area contributed by atoms with E-state index in [2.05, 4.69) is 10.4 Å². The van der Waals surface area contributed by atoms with Gasteiger partial charge >= 0.3 is 5.97 Å². The minimum atomic E-state index is -0.671. The van der Waals surface area contributed by atoms with Crippen molar-refractivity contribution < 1.29 is 18.7 Å².